The zero-order chi connectivity index (χ0) is 21.0. The molecular weight excluding hydrogens is 387 g/mol. The summed E-state index contributed by atoms with van der Waals surface area (Å²) in [6.07, 6.45) is 3.14. The van der Waals surface area contributed by atoms with E-state index >= 15 is 0 Å². The largest absolute Gasteiger partial charge is 0.353 e. The zero-order valence-electron chi connectivity index (χ0n) is 17.5. The van der Waals surface area contributed by atoms with Crippen molar-refractivity contribution < 1.29 is 4.39 Å². The number of para-hydroxylation sites is 2. The fraction of sp³-hybridized carbons (Fsp3) is 0.269. The lowest BCUT2D eigenvalue weighted by atomic mass is 9.94. The molecule has 0 aliphatic carbocycles. The first kappa shape index (κ1) is 19.8. The standard InChI is InChI=1S/C26H27FN4/c27-21-12-10-20(11-13-21)18-31-25-9-5-4-8-24(25)30-26(31)29-22-14-15-28-23(17-22)16-19-6-2-1-3-7-19/h1-13,22-23,28H,14-18H2,(H,29,30). The van der Waals surface area contributed by atoms with Gasteiger partial charge in [0.15, 0.2) is 0 Å². The van der Waals surface area contributed by atoms with E-state index in [4.69, 9.17) is 4.98 Å². The molecule has 1 fully saturated rings. The number of nitrogens with zero attached hydrogens (tertiary/aromatic N) is 2. The second-order valence-electron chi connectivity index (χ2n) is 8.34. The van der Waals surface area contributed by atoms with Crippen molar-refractivity contribution in [1.29, 1.82) is 0 Å². The molecule has 2 heterocycles. The Morgan fingerprint density at radius 3 is 2.55 bits per heavy atom. The van der Waals surface area contributed by atoms with Crippen LogP contribution in [-0.4, -0.2) is 28.2 Å². The van der Waals surface area contributed by atoms with Gasteiger partial charge in [0.1, 0.15) is 5.82 Å². The Hall–Kier alpha value is -3.18. The average Bonchev–Trinajstić information content (AvgIpc) is 3.13. The molecule has 5 heteroatoms. The van der Waals surface area contributed by atoms with Crippen molar-refractivity contribution in [2.75, 3.05) is 11.9 Å². The summed E-state index contributed by atoms with van der Waals surface area (Å²) in [5, 5.41) is 7.39. The number of aromatic nitrogens is 2. The second kappa shape index (κ2) is 8.90. The van der Waals surface area contributed by atoms with E-state index in [0.717, 1.165) is 48.4 Å². The minimum Gasteiger partial charge on any atom is -0.353 e. The molecule has 1 saturated heterocycles. The van der Waals surface area contributed by atoms with Crippen LogP contribution in [0, 0.1) is 5.82 Å². The number of benzene rings is 3. The van der Waals surface area contributed by atoms with Crippen LogP contribution in [0.5, 0.6) is 0 Å². The van der Waals surface area contributed by atoms with Crippen LogP contribution in [0.3, 0.4) is 0 Å². The van der Waals surface area contributed by atoms with E-state index in [-0.39, 0.29) is 5.82 Å². The number of imidazole rings is 1. The SMILES string of the molecule is Fc1ccc(Cn2c(NC3CCNC(Cc4ccccc4)C3)nc3ccccc32)cc1. The Balaban J connectivity index is 1.36. The fourth-order valence-corrected chi connectivity index (χ4v) is 4.49. The molecule has 0 saturated carbocycles. The van der Waals surface area contributed by atoms with Crippen molar-refractivity contribution in [2.24, 2.45) is 0 Å². The third-order valence-corrected chi connectivity index (χ3v) is 6.06. The molecule has 2 atom stereocenters. The topological polar surface area (TPSA) is 41.9 Å². The minimum atomic E-state index is -0.211. The van der Waals surface area contributed by atoms with E-state index in [9.17, 15) is 4.39 Å². The highest BCUT2D eigenvalue weighted by atomic mass is 19.1. The fourth-order valence-electron chi connectivity index (χ4n) is 4.49. The van der Waals surface area contributed by atoms with Gasteiger partial charge in [-0.15, -0.1) is 0 Å². The number of hydrogen-bond acceptors (Lipinski definition) is 3. The first-order valence-electron chi connectivity index (χ1n) is 11.0. The van der Waals surface area contributed by atoms with Crippen LogP contribution in [0.15, 0.2) is 78.9 Å². The van der Waals surface area contributed by atoms with Crippen LogP contribution < -0.4 is 10.6 Å². The summed E-state index contributed by atoms with van der Waals surface area (Å²) in [4.78, 5) is 4.89. The number of halogens is 1. The summed E-state index contributed by atoms with van der Waals surface area (Å²) in [5.41, 5.74) is 4.48. The summed E-state index contributed by atoms with van der Waals surface area (Å²) < 4.78 is 15.6. The molecule has 0 amide bonds. The number of piperidine rings is 1. The van der Waals surface area contributed by atoms with Crippen LogP contribution in [-0.2, 0) is 13.0 Å². The van der Waals surface area contributed by atoms with Gasteiger partial charge in [-0.25, -0.2) is 9.37 Å². The first-order valence-corrected chi connectivity index (χ1v) is 11.0. The Morgan fingerprint density at radius 1 is 0.935 bits per heavy atom. The number of hydrogen-bond donors (Lipinski definition) is 2. The van der Waals surface area contributed by atoms with Gasteiger partial charge >= 0.3 is 0 Å². The molecule has 1 aromatic heterocycles. The van der Waals surface area contributed by atoms with Gasteiger partial charge in [-0.2, -0.15) is 0 Å². The van der Waals surface area contributed by atoms with E-state index in [0.29, 0.717) is 18.6 Å². The second-order valence-corrected chi connectivity index (χ2v) is 8.34. The van der Waals surface area contributed by atoms with Crippen molar-refractivity contribution in [3.8, 4) is 0 Å². The van der Waals surface area contributed by atoms with Crippen LogP contribution in [0.25, 0.3) is 11.0 Å². The maximum Gasteiger partial charge on any atom is 0.204 e. The van der Waals surface area contributed by atoms with Crippen LogP contribution in [0.1, 0.15) is 24.0 Å². The highest BCUT2D eigenvalue weighted by molar-refractivity contribution is 5.78. The van der Waals surface area contributed by atoms with Gasteiger partial charge in [0.25, 0.3) is 0 Å². The van der Waals surface area contributed by atoms with Gasteiger partial charge in [0.2, 0.25) is 5.95 Å². The summed E-state index contributed by atoms with van der Waals surface area (Å²) in [6.45, 7) is 1.65. The number of rotatable bonds is 6. The van der Waals surface area contributed by atoms with Gasteiger partial charge < -0.3 is 15.2 Å². The molecule has 158 valence electrons. The van der Waals surface area contributed by atoms with Crippen molar-refractivity contribution >= 4 is 17.0 Å². The monoisotopic (exact) mass is 414 g/mol. The number of anilines is 1. The third kappa shape index (κ3) is 4.62. The molecule has 0 radical (unpaired) electrons. The summed E-state index contributed by atoms with van der Waals surface area (Å²) in [7, 11) is 0. The average molecular weight is 415 g/mol. The minimum absolute atomic E-state index is 0.211. The quantitative estimate of drug-likeness (QED) is 0.467. The van der Waals surface area contributed by atoms with Crippen molar-refractivity contribution in [3.05, 3.63) is 95.8 Å². The van der Waals surface area contributed by atoms with Crippen LogP contribution >= 0.6 is 0 Å². The molecule has 4 nitrogen and oxygen atoms in total. The molecule has 2 unspecified atom stereocenters. The summed E-state index contributed by atoms with van der Waals surface area (Å²) in [5.74, 6) is 0.674. The van der Waals surface area contributed by atoms with Crippen molar-refractivity contribution in [1.82, 2.24) is 14.9 Å². The lowest BCUT2D eigenvalue weighted by molar-refractivity contribution is 0.372. The predicted molar refractivity (Wildman–Crippen MR) is 124 cm³/mol. The molecule has 5 rings (SSSR count). The maximum absolute atomic E-state index is 13.4. The lowest BCUT2D eigenvalue weighted by Crippen LogP contribution is -2.44. The van der Waals surface area contributed by atoms with E-state index in [1.54, 1.807) is 0 Å². The maximum atomic E-state index is 13.4. The predicted octanol–water partition coefficient (Wildman–Crippen LogP) is 5.00. The van der Waals surface area contributed by atoms with E-state index in [1.807, 2.05) is 30.3 Å². The number of nitrogens with one attached hydrogen (secondary N) is 2. The molecule has 4 aromatic rings. The molecular formula is C26H27FN4. The van der Waals surface area contributed by atoms with E-state index < -0.39 is 0 Å². The lowest BCUT2D eigenvalue weighted by Gasteiger charge is -2.31. The molecule has 1 aliphatic heterocycles. The molecule has 3 aromatic carbocycles. The van der Waals surface area contributed by atoms with E-state index in [1.165, 1.54) is 17.7 Å². The highest BCUT2D eigenvalue weighted by Crippen LogP contribution is 2.24. The van der Waals surface area contributed by atoms with Gasteiger partial charge in [-0.05, 0) is 61.2 Å². The molecule has 2 N–H and O–H groups in total. The van der Waals surface area contributed by atoms with Crippen molar-refractivity contribution in [3.63, 3.8) is 0 Å². The van der Waals surface area contributed by atoms with Gasteiger partial charge in [-0.1, -0.05) is 54.6 Å². The smallest absolute Gasteiger partial charge is 0.204 e. The van der Waals surface area contributed by atoms with Gasteiger partial charge in [0, 0.05) is 12.1 Å². The molecule has 0 spiro atoms. The van der Waals surface area contributed by atoms with Crippen LogP contribution in [0.2, 0.25) is 0 Å². The summed E-state index contributed by atoms with van der Waals surface area (Å²) in [6, 6.07) is 26.4. The Labute approximate surface area is 182 Å². The molecule has 1 aliphatic rings. The third-order valence-electron chi connectivity index (χ3n) is 6.06. The van der Waals surface area contributed by atoms with Crippen molar-refractivity contribution in [2.45, 2.75) is 37.9 Å². The Morgan fingerprint density at radius 2 is 1.71 bits per heavy atom. The Kier molecular flexibility index (Phi) is 5.67. The zero-order valence-corrected chi connectivity index (χ0v) is 17.5. The van der Waals surface area contributed by atoms with Gasteiger partial charge in [0.05, 0.1) is 17.6 Å². The normalized spacial score (nSPS) is 18.9. The highest BCUT2D eigenvalue weighted by Gasteiger charge is 2.23. The molecule has 31 heavy (non-hydrogen) atoms. The van der Waals surface area contributed by atoms with E-state index in [2.05, 4.69) is 51.6 Å². The number of fused-ring (bicyclic) bond motifs is 1. The summed E-state index contributed by atoms with van der Waals surface area (Å²) >= 11 is 0. The first-order chi connectivity index (χ1) is 15.2. The van der Waals surface area contributed by atoms with Crippen LogP contribution in [0.4, 0.5) is 10.3 Å². The Bertz CT molecular complexity index is 1140. The van der Waals surface area contributed by atoms with Gasteiger partial charge in [-0.3, -0.25) is 0 Å². The molecule has 0 bridgehead atoms.